The zero-order valence-electron chi connectivity index (χ0n) is 12.3. The summed E-state index contributed by atoms with van der Waals surface area (Å²) in [6.07, 6.45) is 0.916. The van der Waals surface area contributed by atoms with Crippen LogP contribution in [-0.2, 0) is 21.1 Å². The van der Waals surface area contributed by atoms with Crippen LogP contribution in [0.1, 0.15) is 12.5 Å². The lowest BCUT2D eigenvalue weighted by molar-refractivity contribution is -0.120. The summed E-state index contributed by atoms with van der Waals surface area (Å²) < 4.78 is 23.1. The van der Waals surface area contributed by atoms with Gasteiger partial charge < -0.3 is 10.2 Å². The molecule has 1 amide bonds. The van der Waals surface area contributed by atoms with Crippen molar-refractivity contribution in [3.8, 4) is 0 Å². The van der Waals surface area contributed by atoms with Gasteiger partial charge >= 0.3 is 0 Å². The second-order valence-electron chi connectivity index (χ2n) is 6.08. The number of alkyl halides is 1. The average Bonchev–Trinajstić information content (AvgIpc) is 2.87. The van der Waals surface area contributed by atoms with Crippen molar-refractivity contribution in [2.45, 2.75) is 30.8 Å². The van der Waals surface area contributed by atoms with E-state index in [4.69, 9.17) is 11.6 Å². The maximum absolute atomic E-state index is 12.3. The molecule has 0 unspecified atom stereocenters. The lowest BCUT2D eigenvalue weighted by Gasteiger charge is -2.25. The molecule has 0 bridgehead atoms. The first-order valence-electron chi connectivity index (χ1n) is 7.34. The number of nitrogens with zero attached hydrogens (tertiary/aromatic N) is 1. The van der Waals surface area contributed by atoms with E-state index in [0.717, 1.165) is 12.1 Å². The molecule has 120 valence electrons. The molecule has 2 aliphatic rings. The normalized spacial score (nSPS) is 29.4. The van der Waals surface area contributed by atoms with Crippen molar-refractivity contribution in [1.82, 2.24) is 5.32 Å². The predicted molar refractivity (Wildman–Crippen MR) is 87.2 cm³/mol. The third-order valence-corrected chi connectivity index (χ3v) is 6.67. The molecule has 2 heterocycles. The largest absolute Gasteiger partial charge is 0.359 e. The van der Waals surface area contributed by atoms with Gasteiger partial charge in [-0.2, -0.15) is 0 Å². The maximum Gasteiger partial charge on any atom is 0.239 e. The summed E-state index contributed by atoms with van der Waals surface area (Å²) in [5.74, 6) is -0.321. The van der Waals surface area contributed by atoms with Crippen LogP contribution in [0.5, 0.6) is 0 Å². The van der Waals surface area contributed by atoms with E-state index in [0.29, 0.717) is 0 Å². The molecule has 1 N–H and O–H groups in total. The monoisotopic (exact) mass is 342 g/mol. The van der Waals surface area contributed by atoms with Gasteiger partial charge in [-0.25, -0.2) is 8.42 Å². The highest BCUT2D eigenvalue weighted by molar-refractivity contribution is 7.91. The fourth-order valence-electron chi connectivity index (χ4n) is 3.21. The third-order valence-electron chi connectivity index (χ3n) is 4.29. The molecule has 2 aliphatic heterocycles. The smallest absolute Gasteiger partial charge is 0.239 e. The first kappa shape index (κ1) is 15.6. The van der Waals surface area contributed by atoms with Crippen LogP contribution in [0.2, 0.25) is 0 Å². The molecule has 3 atom stereocenters. The molecule has 7 heteroatoms. The molecule has 5 nitrogen and oxygen atoms in total. The molecule has 0 spiro atoms. The summed E-state index contributed by atoms with van der Waals surface area (Å²) >= 11 is 6.03. The van der Waals surface area contributed by atoms with Crippen LogP contribution in [-0.4, -0.2) is 49.8 Å². The highest BCUT2D eigenvalue weighted by atomic mass is 35.5. The Hall–Kier alpha value is -1.27. The van der Waals surface area contributed by atoms with Gasteiger partial charge in [-0.05, 0) is 25.0 Å². The van der Waals surface area contributed by atoms with Crippen molar-refractivity contribution in [3.05, 3.63) is 29.8 Å². The molecule has 0 radical (unpaired) electrons. The van der Waals surface area contributed by atoms with Crippen LogP contribution in [0.4, 0.5) is 5.69 Å². The fraction of sp³-hybridized carbons (Fsp3) is 0.533. The highest BCUT2D eigenvalue weighted by Crippen LogP contribution is 2.31. The van der Waals surface area contributed by atoms with Crippen molar-refractivity contribution in [2.24, 2.45) is 0 Å². The van der Waals surface area contributed by atoms with Crippen LogP contribution in [0.15, 0.2) is 24.3 Å². The van der Waals surface area contributed by atoms with Crippen molar-refractivity contribution in [2.75, 3.05) is 23.0 Å². The minimum atomic E-state index is -3.14. The highest BCUT2D eigenvalue weighted by Gasteiger charge is 2.37. The molecular formula is C15H19ClN2O3S. The van der Waals surface area contributed by atoms with Crippen molar-refractivity contribution in [3.63, 3.8) is 0 Å². The van der Waals surface area contributed by atoms with E-state index < -0.39 is 21.3 Å². The summed E-state index contributed by atoms with van der Waals surface area (Å²) in [5, 5.41) is 2.23. The summed E-state index contributed by atoms with van der Waals surface area (Å²) in [7, 11) is -3.14. The Labute approximate surface area is 135 Å². The molecule has 1 aromatic carbocycles. The van der Waals surface area contributed by atoms with Crippen LogP contribution in [0.3, 0.4) is 0 Å². The Morgan fingerprint density at radius 3 is 2.77 bits per heavy atom. The second kappa shape index (κ2) is 5.74. The van der Waals surface area contributed by atoms with Gasteiger partial charge in [0.05, 0.1) is 29.5 Å². The van der Waals surface area contributed by atoms with Gasteiger partial charge in [0.15, 0.2) is 9.84 Å². The van der Waals surface area contributed by atoms with E-state index in [1.807, 2.05) is 18.2 Å². The lowest BCUT2D eigenvalue weighted by Crippen LogP contribution is -2.46. The van der Waals surface area contributed by atoms with Gasteiger partial charge in [0.25, 0.3) is 0 Å². The number of hydrogen-bond donors (Lipinski definition) is 1. The standard InChI is InChI=1S/C15H19ClN2O3S/c1-10-6-11-4-2-3-5-14(11)18(10)7-15(19)17-13-9-22(20,21)8-12(13)16/h2-5,10,12-13H,6-9H2,1H3,(H,17,19)/t10-,12-,13+/m0/s1. The molecule has 1 saturated heterocycles. The lowest BCUT2D eigenvalue weighted by atomic mass is 10.1. The zero-order chi connectivity index (χ0) is 15.9. The Morgan fingerprint density at radius 2 is 2.09 bits per heavy atom. The number of hydrogen-bond acceptors (Lipinski definition) is 4. The number of sulfone groups is 1. The number of anilines is 1. The number of halogens is 1. The van der Waals surface area contributed by atoms with Crippen LogP contribution in [0.25, 0.3) is 0 Å². The Balaban J connectivity index is 1.66. The predicted octanol–water partition coefficient (Wildman–Crippen LogP) is 0.958. The number of amides is 1. The fourth-order valence-corrected chi connectivity index (χ4v) is 5.76. The number of carbonyl (C=O) groups is 1. The molecule has 0 saturated carbocycles. The maximum atomic E-state index is 12.3. The minimum absolute atomic E-state index is 0.0670. The molecule has 0 aromatic heterocycles. The number of para-hydroxylation sites is 1. The average molecular weight is 343 g/mol. The number of benzene rings is 1. The summed E-state index contributed by atoms with van der Waals surface area (Å²) in [6, 6.07) is 7.80. The Kier molecular flexibility index (Phi) is 4.07. The van der Waals surface area contributed by atoms with Crippen LogP contribution < -0.4 is 10.2 Å². The van der Waals surface area contributed by atoms with Gasteiger partial charge in [-0.15, -0.1) is 11.6 Å². The van der Waals surface area contributed by atoms with E-state index in [9.17, 15) is 13.2 Å². The third kappa shape index (κ3) is 3.08. The van der Waals surface area contributed by atoms with Crippen molar-refractivity contribution >= 4 is 33.0 Å². The van der Waals surface area contributed by atoms with E-state index in [-0.39, 0.29) is 30.0 Å². The summed E-state index contributed by atoms with van der Waals surface area (Å²) in [5.41, 5.74) is 2.31. The second-order valence-corrected chi connectivity index (χ2v) is 8.79. The Morgan fingerprint density at radius 1 is 1.36 bits per heavy atom. The van der Waals surface area contributed by atoms with E-state index in [1.54, 1.807) is 0 Å². The zero-order valence-corrected chi connectivity index (χ0v) is 13.9. The first-order chi connectivity index (χ1) is 10.4. The minimum Gasteiger partial charge on any atom is -0.359 e. The molecule has 1 aromatic rings. The molecule has 1 fully saturated rings. The van der Waals surface area contributed by atoms with Gasteiger partial charge in [0.1, 0.15) is 0 Å². The van der Waals surface area contributed by atoms with Crippen molar-refractivity contribution in [1.29, 1.82) is 0 Å². The SMILES string of the molecule is C[C@H]1Cc2ccccc2N1CC(=O)N[C@@H]1CS(=O)(=O)C[C@@H]1Cl. The van der Waals surface area contributed by atoms with E-state index in [2.05, 4.69) is 23.2 Å². The molecule has 0 aliphatic carbocycles. The van der Waals surface area contributed by atoms with Crippen molar-refractivity contribution < 1.29 is 13.2 Å². The topological polar surface area (TPSA) is 66.5 Å². The van der Waals surface area contributed by atoms with Crippen LogP contribution in [0, 0.1) is 0 Å². The number of nitrogens with one attached hydrogen (secondary N) is 1. The molecule has 22 heavy (non-hydrogen) atoms. The Bertz CT molecular complexity index is 692. The van der Waals surface area contributed by atoms with Gasteiger partial charge in [0.2, 0.25) is 5.91 Å². The number of carbonyl (C=O) groups excluding carboxylic acids is 1. The molecule has 3 rings (SSSR count). The molecular weight excluding hydrogens is 324 g/mol. The van der Waals surface area contributed by atoms with E-state index >= 15 is 0 Å². The summed E-state index contributed by atoms with van der Waals surface area (Å²) in [4.78, 5) is 14.3. The van der Waals surface area contributed by atoms with Gasteiger partial charge in [-0.1, -0.05) is 18.2 Å². The van der Waals surface area contributed by atoms with Crippen LogP contribution >= 0.6 is 11.6 Å². The number of fused-ring (bicyclic) bond motifs is 1. The first-order valence-corrected chi connectivity index (χ1v) is 9.60. The van der Waals surface area contributed by atoms with Gasteiger partial charge in [-0.3, -0.25) is 4.79 Å². The quantitative estimate of drug-likeness (QED) is 0.831. The van der Waals surface area contributed by atoms with E-state index in [1.165, 1.54) is 5.56 Å². The number of rotatable bonds is 3. The summed E-state index contributed by atoms with van der Waals surface area (Å²) in [6.45, 7) is 2.30. The van der Waals surface area contributed by atoms with Gasteiger partial charge in [0, 0.05) is 11.7 Å².